The predicted molar refractivity (Wildman–Crippen MR) is 66.4 cm³/mol. The van der Waals surface area contributed by atoms with Crippen LogP contribution in [-0.2, 0) is 27.2 Å². The number of alkyl halides is 5. The van der Waals surface area contributed by atoms with Crippen LogP contribution in [0, 0.1) is 11.9 Å². The molecule has 24 heavy (non-hydrogen) atoms. The maximum absolute atomic E-state index is 13.7. The van der Waals surface area contributed by atoms with Gasteiger partial charge in [-0.3, -0.25) is 9.36 Å². The van der Waals surface area contributed by atoms with E-state index in [0.29, 0.717) is 12.1 Å². The molecule has 1 heterocycles. The average Bonchev–Trinajstić information content (AvgIpc) is 2.38. The van der Waals surface area contributed by atoms with E-state index in [0.717, 1.165) is 0 Å². The summed E-state index contributed by atoms with van der Waals surface area (Å²) in [7, 11) is 0. The fraction of sp³-hybridized carbons (Fsp3) is 0.167. The molecule has 0 N–H and O–H groups in total. The number of hydrogen-bond donors (Lipinski definition) is 0. The van der Waals surface area contributed by atoms with Crippen LogP contribution in [0.1, 0.15) is 12.2 Å². The molecule has 0 aliphatic rings. The van der Waals surface area contributed by atoms with Gasteiger partial charge >= 0.3 is 39.5 Å². The van der Waals surface area contributed by atoms with Crippen molar-refractivity contribution in [3.63, 3.8) is 0 Å². The summed E-state index contributed by atoms with van der Waals surface area (Å²) in [6.45, 7) is -3.90. The van der Waals surface area contributed by atoms with E-state index in [4.69, 9.17) is 11.6 Å². The van der Waals surface area contributed by atoms with Gasteiger partial charge in [-0.05, 0) is 5.69 Å². The molecule has 1 aromatic heterocycles. The van der Waals surface area contributed by atoms with Crippen molar-refractivity contribution in [2.75, 3.05) is 0 Å². The van der Waals surface area contributed by atoms with Crippen LogP contribution in [0.25, 0.3) is 5.69 Å². The summed E-state index contributed by atoms with van der Waals surface area (Å²) in [5.74, 6) is -1.27. The Morgan fingerprint density at radius 3 is 2.21 bits per heavy atom. The molecule has 0 saturated carbocycles. The van der Waals surface area contributed by atoms with E-state index in [9.17, 15) is 35.9 Å². The molecule has 1 aromatic carbocycles. The van der Waals surface area contributed by atoms with Crippen molar-refractivity contribution in [3.8, 4) is 5.69 Å². The molecule has 0 bridgehead atoms. The van der Waals surface area contributed by atoms with Crippen molar-refractivity contribution in [1.82, 2.24) is 9.13 Å². The van der Waals surface area contributed by atoms with Gasteiger partial charge in [-0.15, -0.1) is 23.7 Å². The third-order valence-electron chi connectivity index (χ3n) is 2.71. The van der Waals surface area contributed by atoms with Crippen molar-refractivity contribution in [2.24, 2.45) is 0 Å². The van der Waals surface area contributed by atoms with Gasteiger partial charge < -0.3 is 0 Å². The Morgan fingerprint density at radius 1 is 1.17 bits per heavy atom. The molecule has 2 rings (SSSR count). The van der Waals surface area contributed by atoms with Crippen LogP contribution in [0.4, 0.5) is 26.3 Å². The topological polar surface area (TPSA) is 44.0 Å². The maximum Gasteiger partial charge on any atom is 2.00 e. The normalized spacial score (nSPS) is 11.5. The van der Waals surface area contributed by atoms with E-state index in [1.165, 1.54) is 0 Å². The first-order valence-corrected chi connectivity index (χ1v) is 6.03. The van der Waals surface area contributed by atoms with E-state index in [-0.39, 0.29) is 36.7 Å². The van der Waals surface area contributed by atoms with Crippen LogP contribution in [0.3, 0.4) is 0 Å². The van der Waals surface area contributed by atoms with Crippen LogP contribution in [0.5, 0.6) is 0 Å². The molecule has 0 amide bonds. The predicted octanol–water partition coefficient (Wildman–Crippen LogP) is 3.00. The molecule has 2 aromatic rings. The van der Waals surface area contributed by atoms with Gasteiger partial charge in [0.2, 0.25) is 5.56 Å². The average molecular weight is 541 g/mol. The second kappa shape index (κ2) is 7.14. The van der Waals surface area contributed by atoms with E-state index in [2.05, 4.69) is 6.07 Å². The molecule has 0 unspecified atom stereocenters. The summed E-state index contributed by atoms with van der Waals surface area (Å²) in [6, 6.07) is 3.28. The second-order valence-electron chi connectivity index (χ2n) is 4.15. The molecule has 0 radical (unpaired) electrons. The minimum Gasteiger partial charge on any atom is -0.281 e. The van der Waals surface area contributed by atoms with Gasteiger partial charge in [0.05, 0.1) is 0 Å². The van der Waals surface area contributed by atoms with Gasteiger partial charge in [-0.25, -0.2) is 13.8 Å². The summed E-state index contributed by atoms with van der Waals surface area (Å²) < 4.78 is 76.4. The zero-order valence-corrected chi connectivity index (χ0v) is 14.8. The molecule has 0 aliphatic carbocycles. The monoisotopic (exact) mass is 541 g/mol. The van der Waals surface area contributed by atoms with Crippen LogP contribution in [0.15, 0.2) is 27.8 Å². The van der Waals surface area contributed by atoms with Gasteiger partial charge in [0.25, 0.3) is 0 Å². The van der Waals surface area contributed by atoms with Crippen LogP contribution < -0.4 is 11.2 Å². The quantitative estimate of drug-likeness (QED) is 0.434. The molecular weight excluding hydrogens is 537 g/mol. The molecule has 12 heteroatoms. The minimum atomic E-state index is -5.38. The van der Waals surface area contributed by atoms with Gasteiger partial charge in [0.15, 0.2) is 0 Å². The van der Waals surface area contributed by atoms with Gasteiger partial charge in [-0.2, -0.15) is 28.0 Å². The van der Waals surface area contributed by atoms with Crippen molar-refractivity contribution >= 4 is 11.6 Å². The molecule has 0 spiro atoms. The number of hydrogen-bond acceptors (Lipinski definition) is 2. The van der Waals surface area contributed by atoms with E-state index in [1.54, 1.807) is 0 Å². The Bertz CT molecular complexity index is 877. The van der Waals surface area contributed by atoms with Gasteiger partial charge in [-0.1, -0.05) is 5.02 Å². The SMILES string of the molecule is O=c1cc(C(F)(F)F)n(C(F)F)c(=O)n1-c1c[c-]c(Cl)cc1F.[W+2]. The third kappa shape index (κ3) is 3.75. The fourth-order valence-corrected chi connectivity index (χ4v) is 1.94. The Labute approximate surface area is 148 Å². The molecule has 0 aliphatic heterocycles. The summed E-state index contributed by atoms with van der Waals surface area (Å²) >= 11 is 5.42. The minimum absolute atomic E-state index is 0. The largest absolute Gasteiger partial charge is 2.00 e. The third-order valence-corrected chi connectivity index (χ3v) is 2.93. The first-order valence-electron chi connectivity index (χ1n) is 5.65. The number of benzene rings is 1. The zero-order chi connectivity index (χ0) is 17.5. The molecule has 0 fully saturated rings. The summed E-state index contributed by atoms with van der Waals surface area (Å²) in [4.78, 5) is 23.6. The van der Waals surface area contributed by atoms with Crippen molar-refractivity contribution < 1.29 is 47.4 Å². The van der Waals surface area contributed by atoms with Crippen molar-refractivity contribution in [1.29, 1.82) is 0 Å². The standard InChI is InChI=1S/C12H4ClF6N2O2.W/c13-5-1-2-7(6(14)3-5)20-9(22)4-8(12(17,18)19)21(10(15)16)11(20)23;/h2-4,10H;/q-1;+2. The Balaban J connectivity index is 0.00000288. The van der Waals surface area contributed by atoms with Crippen LogP contribution in [-0.4, -0.2) is 9.13 Å². The Kier molecular flexibility index (Phi) is 6.10. The number of halogens is 7. The van der Waals surface area contributed by atoms with Crippen molar-refractivity contribution in [2.45, 2.75) is 12.7 Å². The number of aromatic nitrogens is 2. The van der Waals surface area contributed by atoms with E-state index >= 15 is 0 Å². The molecule has 128 valence electrons. The fourth-order valence-electron chi connectivity index (χ4n) is 1.79. The van der Waals surface area contributed by atoms with Crippen LogP contribution in [0.2, 0.25) is 5.02 Å². The first-order chi connectivity index (χ1) is 10.5. The first kappa shape index (κ1) is 20.5. The Morgan fingerprint density at radius 2 is 1.75 bits per heavy atom. The van der Waals surface area contributed by atoms with E-state index < -0.39 is 45.7 Å². The van der Waals surface area contributed by atoms with Crippen molar-refractivity contribution in [3.05, 3.63) is 61.6 Å². The molecule has 0 saturated heterocycles. The van der Waals surface area contributed by atoms with Crippen LogP contribution >= 0.6 is 11.6 Å². The number of nitrogens with zero attached hydrogens (tertiary/aromatic N) is 2. The second-order valence-corrected chi connectivity index (χ2v) is 4.55. The van der Waals surface area contributed by atoms with E-state index in [1.807, 2.05) is 0 Å². The zero-order valence-electron chi connectivity index (χ0n) is 11.1. The molecular formula is C12H4ClF6N2O2W+. The van der Waals surface area contributed by atoms with Gasteiger partial charge in [0.1, 0.15) is 5.69 Å². The summed E-state index contributed by atoms with van der Waals surface area (Å²) in [5.41, 5.74) is -6.67. The Hall–Kier alpha value is -1.54. The smallest absolute Gasteiger partial charge is 0.281 e. The summed E-state index contributed by atoms with van der Waals surface area (Å²) in [6.07, 6.45) is -5.38. The summed E-state index contributed by atoms with van der Waals surface area (Å²) in [5, 5.41) is -0.250. The van der Waals surface area contributed by atoms with Gasteiger partial charge in [0, 0.05) is 11.9 Å². The maximum atomic E-state index is 13.7. The number of rotatable bonds is 2. The molecule has 0 atom stereocenters. The molecule has 4 nitrogen and oxygen atoms in total.